The molecule has 138 valence electrons. The van der Waals surface area contributed by atoms with E-state index in [1.165, 1.54) is 36.8 Å². The Kier molecular flexibility index (Phi) is 5.86. The van der Waals surface area contributed by atoms with Gasteiger partial charge in [0.05, 0.1) is 0 Å². The standard InChI is InChI=1S/C21H28N4O/c1-14-10-15(2)12-18(11-14)24-21-22-16(3)13-19(25-21)20(26)23-17-8-6-4-5-7-9-17/h10-13,17H,4-9H2,1-3H3,(H,23,26)(H,22,24,25). The van der Waals surface area contributed by atoms with Crippen molar-refractivity contribution in [2.75, 3.05) is 5.32 Å². The zero-order valence-corrected chi connectivity index (χ0v) is 15.9. The molecule has 2 aromatic rings. The number of carbonyl (C=O) groups is 1. The fourth-order valence-corrected chi connectivity index (χ4v) is 3.60. The molecule has 0 bridgehead atoms. The summed E-state index contributed by atoms with van der Waals surface area (Å²) in [5, 5.41) is 6.39. The largest absolute Gasteiger partial charge is 0.348 e. The summed E-state index contributed by atoms with van der Waals surface area (Å²) in [6, 6.07) is 8.22. The van der Waals surface area contributed by atoms with E-state index in [0.717, 1.165) is 24.2 Å². The van der Waals surface area contributed by atoms with Gasteiger partial charge in [-0.15, -0.1) is 0 Å². The smallest absolute Gasteiger partial charge is 0.270 e. The molecule has 1 heterocycles. The molecule has 0 atom stereocenters. The fourth-order valence-electron chi connectivity index (χ4n) is 3.60. The summed E-state index contributed by atoms with van der Waals surface area (Å²) in [5.41, 5.74) is 4.48. The lowest BCUT2D eigenvalue weighted by Gasteiger charge is -2.16. The monoisotopic (exact) mass is 352 g/mol. The van der Waals surface area contributed by atoms with Crippen LogP contribution in [0.1, 0.15) is 65.8 Å². The molecule has 5 nitrogen and oxygen atoms in total. The maximum absolute atomic E-state index is 12.7. The van der Waals surface area contributed by atoms with E-state index in [1.54, 1.807) is 6.07 Å². The Morgan fingerprint density at radius 1 is 0.923 bits per heavy atom. The van der Waals surface area contributed by atoms with Crippen molar-refractivity contribution in [3.05, 3.63) is 46.8 Å². The van der Waals surface area contributed by atoms with Crippen LogP contribution in [0.3, 0.4) is 0 Å². The van der Waals surface area contributed by atoms with Crippen molar-refractivity contribution < 1.29 is 4.79 Å². The van der Waals surface area contributed by atoms with Gasteiger partial charge < -0.3 is 10.6 Å². The first kappa shape index (κ1) is 18.4. The summed E-state index contributed by atoms with van der Waals surface area (Å²) >= 11 is 0. The van der Waals surface area contributed by atoms with Crippen LogP contribution >= 0.6 is 0 Å². The van der Waals surface area contributed by atoms with E-state index in [2.05, 4.69) is 40.5 Å². The maximum atomic E-state index is 12.7. The van der Waals surface area contributed by atoms with E-state index >= 15 is 0 Å². The van der Waals surface area contributed by atoms with E-state index < -0.39 is 0 Å². The Morgan fingerprint density at radius 3 is 2.23 bits per heavy atom. The van der Waals surface area contributed by atoms with E-state index in [0.29, 0.717) is 11.6 Å². The van der Waals surface area contributed by atoms with Crippen LogP contribution in [-0.2, 0) is 0 Å². The number of benzene rings is 1. The van der Waals surface area contributed by atoms with Crippen LogP contribution in [0.2, 0.25) is 0 Å². The van der Waals surface area contributed by atoms with Gasteiger partial charge in [-0.2, -0.15) is 0 Å². The van der Waals surface area contributed by atoms with E-state index in [-0.39, 0.29) is 11.9 Å². The highest BCUT2D eigenvalue weighted by atomic mass is 16.1. The first-order valence-electron chi connectivity index (χ1n) is 9.51. The molecule has 0 spiro atoms. The second-order valence-electron chi connectivity index (χ2n) is 7.38. The minimum atomic E-state index is -0.106. The van der Waals surface area contributed by atoms with Gasteiger partial charge in [0.2, 0.25) is 5.95 Å². The van der Waals surface area contributed by atoms with Gasteiger partial charge in [-0.25, -0.2) is 9.97 Å². The second-order valence-corrected chi connectivity index (χ2v) is 7.38. The molecule has 26 heavy (non-hydrogen) atoms. The molecule has 0 unspecified atom stereocenters. The topological polar surface area (TPSA) is 66.9 Å². The molecule has 1 aromatic heterocycles. The van der Waals surface area contributed by atoms with Crippen molar-refractivity contribution in [3.63, 3.8) is 0 Å². The quantitative estimate of drug-likeness (QED) is 0.789. The summed E-state index contributed by atoms with van der Waals surface area (Å²) in [7, 11) is 0. The van der Waals surface area contributed by atoms with Crippen molar-refractivity contribution in [2.45, 2.75) is 65.3 Å². The minimum Gasteiger partial charge on any atom is -0.348 e. The molecule has 5 heteroatoms. The third kappa shape index (κ3) is 5.04. The van der Waals surface area contributed by atoms with Gasteiger partial charge in [0, 0.05) is 17.4 Å². The Balaban J connectivity index is 1.75. The van der Waals surface area contributed by atoms with Gasteiger partial charge in [0.25, 0.3) is 5.91 Å². The number of rotatable bonds is 4. The second kappa shape index (κ2) is 8.30. The lowest BCUT2D eigenvalue weighted by atomic mass is 10.1. The molecule has 0 aliphatic heterocycles. The highest BCUT2D eigenvalue weighted by molar-refractivity contribution is 5.92. The number of hydrogen-bond acceptors (Lipinski definition) is 4. The number of nitrogens with zero attached hydrogens (tertiary/aromatic N) is 2. The molecule has 2 N–H and O–H groups in total. The Bertz CT molecular complexity index is 759. The number of carbonyl (C=O) groups excluding carboxylic acids is 1. The van der Waals surface area contributed by atoms with Gasteiger partial charge >= 0.3 is 0 Å². The van der Waals surface area contributed by atoms with Crippen LogP contribution in [0.25, 0.3) is 0 Å². The van der Waals surface area contributed by atoms with Crippen LogP contribution in [0, 0.1) is 20.8 Å². The first-order valence-corrected chi connectivity index (χ1v) is 9.51. The van der Waals surface area contributed by atoms with E-state index in [4.69, 9.17) is 0 Å². The fraction of sp³-hybridized carbons (Fsp3) is 0.476. The maximum Gasteiger partial charge on any atom is 0.270 e. The van der Waals surface area contributed by atoms with Crippen LogP contribution in [0.4, 0.5) is 11.6 Å². The molecule has 1 amide bonds. The number of aromatic nitrogens is 2. The van der Waals surface area contributed by atoms with Crippen LogP contribution < -0.4 is 10.6 Å². The molecule has 0 saturated heterocycles. The average Bonchev–Trinajstić information content (AvgIpc) is 2.82. The molecule has 0 radical (unpaired) electrons. The minimum absolute atomic E-state index is 0.106. The predicted molar refractivity (Wildman–Crippen MR) is 105 cm³/mol. The van der Waals surface area contributed by atoms with Gasteiger partial charge in [-0.1, -0.05) is 31.7 Å². The Hall–Kier alpha value is -2.43. The van der Waals surface area contributed by atoms with E-state index in [9.17, 15) is 4.79 Å². The van der Waals surface area contributed by atoms with E-state index in [1.807, 2.05) is 19.1 Å². The number of anilines is 2. The van der Waals surface area contributed by atoms with Crippen LogP contribution in [0.5, 0.6) is 0 Å². The molecule has 1 aromatic carbocycles. The summed E-state index contributed by atoms with van der Waals surface area (Å²) in [6.45, 7) is 6.00. The third-order valence-corrected chi connectivity index (χ3v) is 4.76. The zero-order valence-electron chi connectivity index (χ0n) is 15.9. The summed E-state index contributed by atoms with van der Waals surface area (Å²) < 4.78 is 0. The number of nitrogens with one attached hydrogen (secondary N) is 2. The molecule has 1 fully saturated rings. The van der Waals surface area contributed by atoms with Crippen molar-refractivity contribution in [1.29, 1.82) is 0 Å². The molecule has 3 rings (SSSR count). The number of aryl methyl sites for hydroxylation is 3. The summed E-state index contributed by atoms with van der Waals surface area (Å²) in [6.07, 6.45) is 7.03. The van der Waals surface area contributed by atoms with Crippen molar-refractivity contribution >= 4 is 17.5 Å². The van der Waals surface area contributed by atoms with Gasteiger partial charge in [-0.05, 0) is 62.9 Å². The van der Waals surface area contributed by atoms with Crippen LogP contribution in [0.15, 0.2) is 24.3 Å². The average molecular weight is 352 g/mol. The Labute approximate surface area is 155 Å². The third-order valence-electron chi connectivity index (χ3n) is 4.76. The first-order chi connectivity index (χ1) is 12.5. The zero-order chi connectivity index (χ0) is 18.5. The normalized spacial score (nSPS) is 15.3. The molecule has 1 aliphatic carbocycles. The SMILES string of the molecule is Cc1cc(C)cc(Nc2nc(C)cc(C(=O)NC3CCCCCC3)n2)c1. The van der Waals surface area contributed by atoms with Crippen molar-refractivity contribution in [3.8, 4) is 0 Å². The molecular formula is C21H28N4O. The van der Waals surface area contributed by atoms with Gasteiger partial charge in [0.15, 0.2) is 0 Å². The highest BCUT2D eigenvalue weighted by Gasteiger charge is 2.17. The number of amides is 1. The van der Waals surface area contributed by atoms with Crippen molar-refractivity contribution in [1.82, 2.24) is 15.3 Å². The molecule has 1 aliphatic rings. The Morgan fingerprint density at radius 2 is 1.58 bits per heavy atom. The lowest BCUT2D eigenvalue weighted by Crippen LogP contribution is -2.35. The van der Waals surface area contributed by atoms with Gasteiger partial charge in [0.1, 0.15) is 5.69 Å². The highest BCUT2D eigenvalue weighted by Crippen LogP contribution is 2.19. The predicted octanol–water partition coefficient (Wildman–Crippen LogP) is 4.60. The molecular weight excluding hydrogens is 324 g/mol. The summed E-state index contributed by atoms with van der Waals surface area (Å²) in [4.78, 5) is 21.5. The number of hydrogen-bond donors (Lipinski definition) is 2. The van der Waals surface area contributed by atoms with Crippen molar-refractivity contribution in [2.24, 2.45) is 0 Å². The lowest BCUT2D eigenvalue weighted by molar-refractivity contribution is 0.0928. The van der Waals surface area contributed by atoms with Gasteiger partial charge in [-0.3, -0.25) is 4.79 Å². The van der Waals surface area contributed by atoms with Crippen LogP contribution in [-0.4, -0.2) is 21.9 Å². The summed E-state index contributed by atoms with van der Waals surface area (Å²) in [5.74, 6) is 0.354. The molecule has 1 saturated carbocycles.